The number of thiophene rings is 1. The summed E-state index contributed by atoms with van der Waals surface area (Å²) in [7, 11) is 0. The molecule has 0 fully saturated rings. The smallest absolute Gasteiger partial charge is 0.234 e. The van der Waals surface area contributed by atoms with Crippen LogP contribution in [0, 0.1) is 6.92 Å². The second kappa shape index (κ2) is 6.20. The third kappa shape index (κ3) is 2.73. The number of aryl methyl sites for hydroxylation is 3. The minimum absolute atomic E-state index is 0.141. The van der Waals surface area contributed by atoms with Crippen LogP contribution in [0.3, 0.4) is 0 Å². The van der Waals surface area contributed by atoms with Crippen molar-refractivity contribution in [1.82, 2.24) is 19.7 Å². The van der Waals surface area contributed by atoms with Gasteiger partial charge in [0.2, 0.25) is 5.89 Å². The quantitative estimate of drug-likeness (QED) is 0.548. The van der Waals surface area contributed by atoms with Crippen LogP contribution in [0.1, 0.15) is 35.3 Å². The van der Waals surface area contributed by atoms with Gasteiger partial charge in [-0.05, 0) is 37.4 Å². The zero-order valence-electron chi connectivity index (χ0n) is 13.6. The van der Waals surface area contributed by atoms with Gasteiger partial charge in [-0.2, -0.15) is 4.98 Å². The Bertz CT molecular complexity index is 955. The van der Waals surface area contributed by atoms with Crippen molar-refractivity contribution < 1.29 is 4.52 Å². The van der Waals surface area contributed by atoms with E-state index < -0.39 is 0 Å². The van der Waals surface area contributed by atoms with E-state index in [0.717, 1.165) is 35.6 Å². The second-order valence-corrected chi connectivity index (χ2v) is 6.81. The van der Waals surface area contributed by atoms with E-state index in [0.29, 0.717) is 5.89 Å². The topological polar surface area (TPSA) is 56.7 Å². The Labute approximate surface area is 144 Å². The lowest BCUT2D eigenvalue weighted by Crippen LogP contribution is -2.04. The molecule has 5 nitrogen and oxygen atoms in total. The van der Waals surface area contributed by atoms with Gasteiger partial charge < -0.3 is 9.09 Å². The number of imidazole rings is 1. The highest BCUT2D eigenvalue weighted by atomic mass is 32.1. The normalized spacial score (nSPS) is 12.8. The Kier molecular flexibility index (Phi) is 3.90. The first-order chi connectivity index (χ1) is 11.7. The molecule has 0 saturated carbocycles. The van der Waals surface area contributed by atoms with Gasteiger partial charge in [-0.15, -0.1) is 11.3 Å². The number of nitrogens with zero attached hydrogens (tertiary/aromatic N) is 4. The van der Waals surface area contributed by atoms with Crippen LogP contribution in [0.15, 0.2) is 46.3 Å². The molecule has 24 heavy (non-hydrogen) atoms. The first kappa shape index (κ1) is 15.1. The molecule has 0 saturated heterocycles. The van der Waals surface area contributed by atoms with Crippen molar-refractivity contribution in [2.75, 3.05) is 0 Å². The van der Waals surface area contributed by atoms with E-state index in [2.05, 4.69) is 44.1 Å². The van der Waals surface area contributed by atoms with Gasteiger partial charge in [0.15, 0.2) is 5.82 Å². The van der Waals surface area contributed by atoms with Gasteiger partial charge in [-0.1, -0.05) is 23.4 Å². The summed E-state index contributed by atoms with van der Waals surface area (Å²) in [5.74, 6) is 2.57. The van der Waals surface area contributed by atoms with Crippen LogP contribution in [0.5, 0.6) is 0 Å². The van der Waals surface area contributed by atoms with Crippen molar-refractivity contribution in [1.29, 1.82) is 0 Å². The van der Waals surface area contributed by atoms with E-state index >= 15 is 0 Å². The third-order valence-electron chi connectivity index (χ3n) is 4.23. The molecule has 4 rings (SSSR count). The molecule has 0 aliphatic heterocycles. The maximum atomic E-state index is 5.46. The predicted molar refractivity (Wildman–Crippen MR) is 94.3 cm³/mol. The number of benzene rings is 1. The Morgan fingerprint density at radius 2 is 2.04 bits per heavy atom. The lowest BCUT2D eigenvalue weighted by atomic mass is 10.1. The number of fused-ring (bicyclic) bond motifs is 1. The predicted octanol–water partition coefficient (Wildman–Crippen LogP) is 4.18. The highest BCUT2D eigenvalue weighted by molar-refractivity contribution is 7.10. The van der Waals surface area contributed by atoms with Crippen molar-refractivity contribution in [3.05, 3.63) is 64.2 Å². The van der Waals surface area contributed by atoms with E-state index in [1.165, 1.54) is 4.88 Å². The first-order valence-corrected chi connectivity index (χ1v) is 8.88. The van der Waals surface area contributed by atoms with Crippen LogP contribution in [0.4, 0.5) is 0 Å². The molecule has 0 bridgehead atoms. The van der Waals surface area contributed by atoms with Crippen LogP contribution in [-0.2, 0) is 13.0 Å². The minimum Gasteiger partial charge on any atom is -0.339 e. The molecule has 1 aromatic carbocycles. The van der Waals surface area contributed by atoms with E-state index in [1.54, 1.807) is 11.3 Å². The Morgan fingerprint density at radius 1 is 1.17 bits per heavy atom. The van der Waals surface area contributed by atoms with E-state index in [1.807, 2.05) is 31.2 Å². The Hall–Kier alpha value is -2.47. The van der Waals surface area contributed by atoms with Crippen molar-refractivity contribution >= 4 is 22.4 Å². The average Bonchev–Trinajstić information content (AvgIpc) is 3.32. The minimum atomic E-state index is 0.141. The first-order valence-electron chi connectivity index (χ1n) is 8.00. The monoisotopic (exact) mass is 338 g/mol. The third-order valence-corrected chi connectivity index (χ3v) is 5.28. The molecule has 0 aliphatic rings. The number of aromatic nitrogens is 4. The highest BCUT2D eigenvalue weighted by Crippen LogP contribution is 2.26. The highest BCUT2D eigenvalue weighted by Gasteiger charge is 2.17. The SMILES string of the molecule is Cc1nc2ccccc2n1CCc1noc(C(C)c2cccs2)n1. The van der Waals surface area contributed by atoms with E-state index in [-0.39, 0.29) is 5.92 Å². The average molecular weight is 338 g/mol. The molecule has 0 aliphatic carbocycles. The Balaban J connectivity index is 1.51. The lowest BCUT2D eigenvalue weighted by Gasteiger charge is -2.04. The summed E-state index contributed by atoms with van der Waals surface area (Å²) in [6, 6.07) is 12.3. The lowest BCUT2D eigenvalue weighted by molar-refractivity contribution is 0.365. The fourth-order valence-corrected chi connectivity index (χ4v) is 3.67. The summed E-state index contributed by atoms with van der Waals surface area (Å²) in [4.78, 5) is 10.4. The molecule has 0 amide bonds. The number of hydrogen-bond donors (Lipinski definition) is 0. The van der Waals surface area contributed by atoms with Crippen molar-refractivity contribution in [2.24, 2.45) is 0 Å². The zero-order valence-corrected chi connectivity index (χ0v) is 14.5. The van der Waals surface area contributed by atoms with Gasteiger partial charge in [-0.3, -0.25) is 0 Å². The van der Waals surface area contributed by atoms with Crippen LogP contribution in [-0.4, -0.2) is 19.7 Å². The summed E-state index contributed by atoms with van der Waals surface area (Å²) in [5, 5.41) is 6.21. The number of para-hydroxylation sites is 2. The molecule has 122 valence electrons. The molecule has 3 aromatic heterocycles. The second-order valence-electron chi connectivity index (χ2n) is 5.84. The summed E-state index contributed by atoms with van der Waals surface area (Å²) in [6.07, 6.45) is 0.724. The summed E-state index contributed by atoms with van der Waals surface area (Å²) in [6.45, 7) is 4.91. The maximum Gasteiger partial charge on any atom is 0.234 e. The van der Waals surface area contributed by atoms with Gasteiger partial charge in [0.25, 0.3) is 0 Å². The van der Waals surface area contributed by atoms with Gasteiger partial charge in [-0.25, -0.2) is 4.98 Å². The molecular weight excluding hydrogens is 320 g/mol. The van der Waals surface area contributed by atoms with Gasteiger partial charge in [0, 0.05) is 17.8 Å². The molecule has 0 spiro atoms. The molecule has 3 heterocycles. The van der Waals surface area contributed by atoms with E-state index in [9.17, 15) is 0 Å². The summed E-state index contributed by atoms with van der Waals surface area (Å²) < 4.78 is 7.66. The van der Waals surface area contributed by atoms with Crippen LogP contribution < -0.4 is 0 Å². The van der Waals surface area contributed by atoms with Crippen LogP contribution in [0.25, 0.3) is 11.0 Å². The summed E-state index contributed by atoms with van der Waals surface area (Å²) in [5.41, 5.74) is 2.17. The number of rotatable bonds is 5. The van der Waals surface area contributed by atoms with Crippen molar-refractivity contribution in [2.45, 2.75) is 32.7 Å². The zero-order chi connectivity index (χ0) is 16.5. The summed E-state index contributed by atoms with van der Waals surface area (Å²) >= 11 is 1.71. The maximum absolute atomic E-state index is 5.46. The van der Waals surface area contributed by atoms with Crippen molar-refractivity contribution in [3.63, 3.8) is 0 Å². The molecule has 1 unspecified atom stereocenters. The molecule has 1 atom stereocenters. The molecule has 0 radical (unpaired) electrons. The standard InChI is InChI=1S/C18H18N4OS/c1-12(16-8-5-11-24-16)18-20-17(21-23-18)9-10-22-13(2)19-14-6-3-4-7-15(14)22/h3-8,11-12H,9-10H2,1-2H3. The van der Waals surface area contributed by atoms with Crippen molar-refractivity contribution in [3.8, 4) is 0 Å². The van der Waals surface area contributed by atoms with Crippen LogP contribution >= 0.6 is 11.3 Å². The van der Waals surface area contributed by atoms with Gasteiger partial charge >= 0.3 is 0 Å². The number of hydrogen-bond acceptors (Lipinski definition) is 5. The van der Waals surface area contributed by atoms with Crippen LogP contribution in [0.2, 0.25) is 0 Å². The molecule has 4 aromatic rings. The van der Waals surface area contributed by atoms with Gasteiger partial charge in [0.05, 0.1) is 17.0 Å². The largest absolute Gasteiger partial charge is 0.339 e. The fraction of sp³-hybridized carbons (Fsp3) is 0.278. The molecular formula is C18H18N4OS. The Morgan fingerprint density at radius 3 is 2.88 bits per heavy atom. The fourth-order valence-electron chi connectivity index (χ4n) is 2.89. The van der Waals surface area contributed by atoms with Gasteiger partial charge in [0.1, 0.15) is 5.82 Å². The molecule has 0 N–H and O–H groups in total. The molecule has 6 heteroatoms. The van der Waals surface area contributed by atoms with E-state index in [4.69, 9.17) is 4.52 Å².